The van der Waals surface area contributed by atoms with Crippen LogP contribution in [0, 0.1) is 12.9 Å². The third-order valence-electron chi connectivity index (χ3n) is 2.15. The summed E-state index contributed by atoms with van der Waals surface area (Å²) >= 11 is 5.44. The molecule has 15 heavy (non-hydrogen) atoms. The van der Waals surface area contributed by atoms with E-state index in [9.17, 15) is 14.6 Å². The Balaban J connectivity index is 2.81. The standard InChI is InChI=1S/C10H13ClFNO2/c1-6-4-7(5-13-10(6)12)9(15)8(14)2-3-11/h4-5,8-9,14-15H,2-3H2,1H3. The molecule has 2 unspecified atom stereocenters. The van der Waals surface area contributed by atoms with Crippen LogP contribution < -0.4 is 0 Å². The summed E-state index contributed by atoms with van der Waals surface area (Å²) in [6.07, 6.45) is -0.534. The highest BCUT2D eigenvalue weighted by Gasteiger charge is 2.18. The van der Waals surface area contributed by atoms with Gasteiger partial charge in [-0.2, -0.15) is 4.39 Å². The predicted octanol–water partition coefficient (Wildman–Crippen LogP) is 1.55. The van der Waals surface area contributed by atoms with Gasteiger partial charge in [0, 0.05) is 23.2 Å². The molecule has 0 radical (unpaired) electrons. The Hall–Kier alpha value is -0.710. The summed E-state index contributed by atoms with van der Waals surface area (Å²) in [4.78, 5) is 3.47. The lowest BCUT2D eigenvalue weighted by molar-refractivity contribution is 0.0167. The van der Waals surface area contributed by atoms with Gasteiger partial charge in [0.2, 0.25) is 5.95 Å². The number of aryl methyl sites for hydroxylation is 1. The zero-order valence-electron chi connectivity index (χ0n) is 8.32. The van der Waals surface area contributed by atoms with Gasteiger partial charge in [-0.25, -0.2) is 4.98 Å². The SMILES string of the molecule is Cc1cc(C(O)C(O)CCCl)cnc1F. The van der Waals surface area contributed by atoms with E-state index in [0.717, 1.165) is 0 Å². The van der Waals surface area contributed by atoms with Gasteiger partial charge in [0.05, 0.1) is 6.10 Å². The molecule has 0 spiro atoms. The van der Waals surface area contributed by atoms with E-state index in [1.54, 1.807) is 6.92 Å². The maximum absolute atomic E-state index is 12.8. The summed E-state index contributed by atoms with van der Waals surface area (Å²) in [5.41, 5.74) is 0.733. The van der Waals surface area contributed by atoms with E-state index < -0.39 is 18.2 Å². The lowest BCUT2D eigenvalue weighted by Crippen LogP contribution is -2.19. The minimum absolute atomic E-state index is 0.256. The van der Waals surface area contributed by atoms with Crippen LogP contribution in [0.4, 0.5) is 4.39 Å². The molecule has 2 N–H and O–H groups in total. The van der Waals surface area contributed by atoms with Crippen LogP contribution in [0.2, 0.25) is 0 Å². The number of halogens is 2. The first-order chi connectivity index (χ1) is 7.06. The average molecular weight is 234 g/mol. The molecule has 0 bridgehead atoms. The third-order valence-corrected chi connectivity index (χ3v) is 2.36. The van der Waals surface area contributed by atoms with E-state index in [-0.39, 0.29) is 12.3 Å². The van der Waals surface area contributed by atoms with Crippen LogP contribution in [0.25, 0.3) is 0 Å². The largest absolute Gasteiger partial charge is 0.390 e. The molecule has 0 aliphatic rings. The molecule has 1 heterocycles. The van der Waals surface area contributed by atoms with Gasteiger partial charge >= 0.3 is 0 Å². The molecular weight excluding hydrogens is 221 g/mol. The number of pyridine rings is 1. The van der Waals surface area contributed by atoms with Gasteiger partial charge in [-0.05, 0) is 19.4 Å². The fourth-order valence-electron chi connectivity index (χ4n) is 1.23. The van der Waals surface area contributed by atoms with Crippen molar-refractivity contribution < 1.29 is 14.6 Å². The third kappa shape index (κ3) is 3.12. The van der Waals surface area contributed by atoms with Crippen molar-refractivity contribution in [2.24, 2.45) is 0 Å². The lowest BCUT2D eigenvalue weighted by atomic mass is 10.0. The summed E-state index contributed by atoms with van der Waals surface area (Å²) in [5.74, 6) is -0.316. The van der Waals surface area contributed by atoms with E-state index in [1.165, 1.54) is 12.3 Å². The maximum atomic E-state index is 12.8. The van der Waals surface area contributed by atoms with Crippen molar-refractivity contribution in [3.8, 4) is 0 Å². The van der Waals surface area contributed by atoms with Crippen LogP contribution in [0.3, 0.4) is 0 Å². The number of hydrogen-bond donors (Lipinski definition) is 2. The van der Waals surface area contributed by atoms with E-state index in [4.69, 9.17) is 11.6 Å². The fraction of sp³-hybridized carbons (Fsp3) is 0.500. The first-order valence-corrected chi connectivity index (χ1v) is 5.14. The molecule has 0 aromatic carbocycles. The van der Waals surface area contributed by atoms with Crippen molar-refractivity contribution in [1.29, 1.82) is 0 Å². The lowest BCUT2D eigenvalue weighted by Gasteiger charge is -2.17. The molecule has 1 rings (SSSR count). The molecule has 0 fully saturated rings. The van der Waals surface area contributed by atoms with Crippen molar-refractivity contribution in [2.75, 3.05) is 5.88 Å². The maximum Gasteiger partial charge on any atom is 0.215 e. The quantitative estimate of drug-likeness (QED) is 0.613. The number of aliphatic hydroxyl groups is 2. The topological polar surface area (TPSA) is 53.4 Å². The van der Waals surface area contributed by atoms with Crippen LogP contribution in [0.1, 0.15) is 23.7 Å². The molecule has 2 atom stereocenters. The first-order valence-electron chi connectivity index (χ1n) is 4.60. The second kappa shape index (κ2) is 5.39. The van der Waals surface area contributed by atoms with Gasteiger partial charge < -0.3 is 10.2 Å². The number of rotatable bonds is 4. The van der Waals surface area contributed by atoms with Gasteiger partial charge in [0.15, 0.2) is 0 Å². The molecular formula is C10H13ClFNO2. The van der Waals surface area contributed by atoms with Gasteiger partial charge in [-0.15, -0.1) is 11.6 Å². The number of hydrogen-bond acceptors (Lipinski definition) is 3. The van der Waals surface area contributed by atoms with Crippen LogP contribution in [0.15, 0.2) is 12.3 Å². The average Bonchev–Trinajstić information content (AvgIpc) is 2.21. The Kier molecular flexibility index (Phi) is 4.45. The van der Waals surface area contributed by atoms with Crippen molar-refractivity contribution >= 4 is 11.6 Å². The van der Waals surface area contributed by atoms with Gasteiger partial charge in [-0.1, -0.05) is 0 Å². The summed E-state index contributed by atoms with van der Waals surface area (Å²) in [7, 11) is 0. The zero-order chi connectivity index (χ0) is 11.4. The molecule has 0 saturated carbocycles. The summed E-state index contributed by atoms with van der Waals surface area (Å²) in [5, 5.41) is 19.1. The molecule has 84 valence electrons. The highest BCUT2D eigenvalue weighted by atomic mass is 35.5. The zero-order valence-corrected chi connectivity index (χ0v) is 9.08. The minimum atomic E-state index is -1.07. The summed E-state index contributed by atoms with van der Waals surface area (Å²) < 4.78 is 12.8. The van der Waals surface area contributed by atoms with E-state index in [1.807, 2.05) is 0 Å². The van der Waals surface area contributed by atoms with Gasteiger partial charge in [0.1, 0.15) is 6.10 Å². The highest BCUT2D eigenvalue weighted by molar-refractivity contribution is 6.17. The molecule has 1 aromatic rings. The number of alkyl halides is 1. The minimum Gasteiger partial charge on any atom is -0.390 e. The Morgan fingerprint density at radius 2 is 2.20 bits per heavy atom. The van der Waals surface area contributed by atoms with Gasteiger partial charge in [0.25, 0.3) is 0 Å². The predicted molar refractivity (Wildman–Crippen MR) is 55.2 cm³/mol. The molecule has 1 aromatic heterocycles. The summed E-state index contributed by atoms with van der Waals surface area (Å²) in [6.45, 7) is 1.55. The molecule has 0 aliphatic carbocycles. The molecule has 3 nitrogen and oxygen atoms in total. The van der Waals surface area contributed by atoms with E-state index in [0.29, 0.717) is 11.1 Å². The summed E-state index contributed by atoms with van der Waals surface area (Å²) in [6, 6.07) is 1.46. The number of nitrogens with zero attached hydrogens (tertiary/aromatic N) is 1. The molecule has 0 aliphatic heterocycles. The Morgan fingerprint density at radius 3 is 2.73 bits per heavy atom. The van der Waals surface area contributed by atoms with Crippen LogP contribution in [0.5, 0.6) is 0 Å². The van der Waals surface area contributed by atoms with Crippen LogP contribution in [-0.2, 0) is 0 Å². The smallest absolute Gasteiger partial charge is 0.215 e. The first kappa shape index (κ1) is 12.4. The number of aliphatic hydroxyl groups excluding tert-OH is 2. The van der Waals surface area contributed by atoms with Crippen molar-refractivity contribution in [3.05, 3.63) is 29.3 Å². The highest BCUT2D eigenvalue weighted by Crippen LogP contribution is 2.20. The number of aromatic nitrogens is 1. The Morgan fingerprint density at radius 1 is 1.53 bits per heavy atom. The second-order valence-corrected chi connectivity index (χ2v) is 3.74. The molecule has 0 saturated heterocycles. The Labute approximate surface area is 92.5 Å². The monoisotopic (exact) mass is 233 g/mol. The van der Waals surface area contributed by atoms with E-state index in [2.05, 4.69) is 4.98 Å². The normalized spacial score (nSPS) is 15.0. The fourth-order valence-corrected chi connectivity index (χ4v) is 1.46. The van der Waals surface area contributed by atoms with Gasteiger partial charge in [-0.3, -0.25) is 0 Å². The van der Waals surface area contributed by atoms with Crippen LogP contribution >= 0.6 is 11.6 Å². The van der Waals surface area contributed by atoms with Crippen molar-refractivity contribution in [2.45, 2.75) is 25.6 Å². The molecule has 5 heteroatoms. The van der Waals surface area contributed by atoms with Crippen LogP contribution in [-0.4, -0.2) is 27.2 Å². The Bertz CT molecular complexity index is 335. The second-order valence-electron chi connectivity index (χ2n) is 3.37. The van der Waals surface area contributed by atoms with Crippen molar-refractivity contribution in [3.63, 3.8) is 0 Å². The van der Waals surface area contributed by atoms with E-state index >= 15 is 0 Å². The molecule has 0 amide bonds. The van der Waals surface area contributed by atoms with Crippen molar-refractivity contribution in [1.82, 2.24) is 4.98 Å².